The van der Waals surface area contributed by atoms with Gasteiger partial charge in [0, 0.05) is 12.5 Å². The van der Waals surface area contributed by atoms with Crippen molar-refractivity contribution in [3.05, 3.63) is 60.2 Å². The Labute approximate surface area is 164 Å². The SMILES string of the molecule is C#CCOc1ccc(/C=C/C(=O)Nc2ccccc2OCCC2(C)N=N2)cc1. The Hall–Kier alpha value is -3.59. The highest BCUT2D eigenvalue weighted by Crippen LogP contribution is 2.31. The van der Waals surface area contributed by atoms with E-state index in [4.69, 9.17) is 15.9 Å². The Morgan fingerprint density at radius 3 is 2.64 bits per heavy atom. The molecule has 0 aromatic heterocycles. The van der Waals surface area contributed by atoms with Crippen molar-refractivity contribution in [2.75, 3.05) is 18.5 Å². The van der Waals surface area contributed by atoms with E-state index in [1.165, 1.54) is 6.08 Å². The first-order valence-electron chi connectivity index (χ1n) is 8.89. The predicted molar refractivity (Wildman–Crippen MR) is 108 cm³/mol. The lowest BCUT2D eigenvalue weighted by Crippen LogP contribution is -2.13. The van der Waals surface area contributed by atoms with Crippen molar-refractivity contribution in [3.8, 4) is 23.8 Å². The number of rotatable bonds is 9. The third kappa shape index (κ3) is 5.71. The highest BCUT2D eigenvalue weighted by molar-refractivity contribution is 6.02. The molecule has 1 N–H and O–H groups in total. The van der Waals surface area contributed by atoms with Crippen LogP contribution in [-0.2, 0) is 4.79 Å². The summed E-state index contributed by atoms with van der Waals surface area (Å²) in [5.74, 6) is 3.47. The minimum atomic E-state index is -0.303. The topological polar surface area (TPSA) is 72.3 Å². The Morgan fingerprint density at radius 1 is 1.18 bits per heavy atom. The molecule has 0 fully saturated rings. The van der Waals surface area contributed by atoms with Crippen molar-refractivity contribution < 1.29 is 14.3 Å². The molecule has 1 heterocycles. The van der Waals surface area contributed by atoms with E-state index in [0.29, 0.717) is 30.2 Å². The van der Waals surface area contributed by atoms with Gasteiger partial charge in [-0.1, -0.05) is 30.2 Å². The summed E-state index contributed by atoms with van der Waals surface area (Å²) >= 11 is 0. The number of ether oxygens (including phenoxy) is 2. The molecule has 0 aliphatic carbocycles. The van der Waals surface area contributed by atoms with E-state index in [2.05, 4.69) is 21.5 Å². The van der Waals surface area contributed by atoms with Gasteiger partial charge in [0.1, 0.15) is 18.1 Å². The highest BCUT2D eigenvalue weighted by atomic mass is 16.5. The molecular formula is C22H21N3O3. The average molecular weight is 375 g/mol. The summed E-state index contributed by atoms with van der Waals surface area (Å²) in [6.45, 7) is 2.64. The summed E-state index contributed by atoms with van der Waals surface area (Å²) < 4.78 is 11.1. The van der Waals surface area contributed by atoms with Crippen LogP contribution >= 0.6 is 0 Å². The number of para-hydroxylation sites is 2. The van der Waals surface area contributed by atoms with E-state index in [1.807, 2.05) is 37.3 Å². The first-order valence-corrected chi connectivity index (χ1v) is 8.89. The van der Waals surface area contributed by atoms with Crippen LogP contribution in [0.2, 0.25) is 0 Å². The number of carbonyl (C=O) groups is 1. The quantitative estimate of drug-likeness (QED) is 0.525. The van der Waals surface area contributed by atoms with Crippen molar-refractivity contribution in [3.63, 3.8) is 0 Å². The fourth-order valence-corrected chi connectivity index (χ4v) is 2.38. The van der Waals surface area contributed by atoms with E-state index in [1.54, 1.807) is 24.3 Å². The summed E-state index contributed by atoms with van der Waals surface area (Å²) in [6, 6.07) is 14.6. The minimum absolute atomic E-state index is 0.224. The summed E-state index contributed by atoms with van der Waals surface area (Å²) in [7, 11) is 0. The van der Waals surface area contributed by atoms with Crippen molar-refractivity contribution in [1.29, 1.82) is 0 Å². The number of anilines is 1. The normalized spacial score (nSPS) is 13.7. The molecule has 2 aromatic carbocycles. The molecule has 6 nitrogen and oxygen atoms in total. The van der Waals surface area contributed by atoms with Crippen molar-refractivity contribution in [1.82, 2.24) is 0 Å². The molecule has 142 valence electrons. The number of carbonyl (C=O) groups excluding carboxylic acids is 1. The van der Waals surface area contributed by atoms with Crippen molar-refractivity contribution in [2.24, 2.45) is 10.2 Å². The predicted octanol–water partition coefficient (Wildman–Crippen LogP) is 4.30. The van der Waals surface area contributed by atoms with Crippen LogP contribution in [0, 0.1) is 12.3 Å². The van der Waals surface area contributed by atoms with E-state index in [9.17, 15) is 4.79 Å². The number of hydrogen-bond donors (Lipinski definition) is 1. The zero-order valence-corrected chi connectivity index (χ0v) is 15.6. The molecule has 2 aromatic rings. The molecule has 1 aliphatic heterocycles. The second kappa shape index (κ2) is 8.87. The Kier molecular flexibility index (Phi) is 6.07. The number of amides is 1. The highest BCUT2D eigenvalue weighted by Gasteiger charge is 2.33. The lowest BCUT2D eigenvalue weighted by atomic mass is 10.2. The second-order valence-corrected chi connectivity index (χ2v) is 6.40. The number of benzene rings is 2. The molecule has 6 heteroatoms. The second-order valence-electron chi connectivity index (χ2n) is 6.40. The fraction of sp³-hybridized carbons (Fsp3) is 0.227. The van der Waals surface area contributed by atoms with Crippen LogP contribution in [0.5, 0.6) is 11.5 Å². The zero-order valence-electron chi connectivity index (χ0n) is 15.6. The largest absolute Gasteiger partial charge is 0.491 e. The van der Waals surface area contributed by atoms with Crippen LogP contribution in [0.1, 0.15) is 18.9 Å². The smallest absolute Gasteiger partial charge is 0.248 e. The van der Waals surface area contributed by atoms with Crippen LogP contribution in [0.3, 0.4) is 0 Å². The molecule has 0 bridgehead atoms. The fourth-order valence-electron chi connectivity index (χ4n) is 2.38. The Bertz CT molecular complexity index is 921. The monoisotopic (exact) mass is 375 g/mol. The number of terminal acetylenes is 1. The van der Waals surface area contributed by atoms with Crippen LogP contribution in [0.15, 0.2) is 64.8 Å². The first-order chi connectivity index (χ1) is 13.6. The molecule has 1 aliphatic rings. The van der Waals surface area contributed by atoms with E-state index < -0.39 is 0 Å². The molecule has 0 saturated carbocycles. The van der Waals surface area contributed by atoms with Gasteiger partial charge in [-0.15, -0.1) is 6.42 Å². The molecule has 0 spiro atoms. The lowest BCUT2D eigenvalue weighted by Gasteiger charge is -2.12. The van der Waals surface area contributed by atoms with E-state index in [0.717, 1.165) is 5.56 Å². The molecule has 0 radical (unpaired) electrons. The van der Waals surface area contributed by atoms with Gasteiger partial charge in [-0.3, -0.25) is 4.79 Å². The van der Waals surface area contributed by atoms with E-state index >= 15 is 0 Å². The summed E-state index contributed by atoms with van der Waals surface area (Å²) in [5, 5.41) is 10.8. The molecule has 0 saturated heterocycles. The van der Waals surface area contributed by atoms with Crippen LogP contribution in [0.25, 0.3) is 6.08 Å². The van der Waals surface area contributed by atoms with Crippen molar-refractivity contribution in [2.45, 2.75) is 19.0 Å². The van der Waals surface area contributed by atoms with Gasteiger partial charge in [-0.05, 0) is 42.8 Å². The van der Waals surface area contributed by atoms with Gasteiger partial charge < -0.3 is 14.8 Å². The summed E-state index contributed by atoms with van der Waals surface area (Å²) in [5.41, 5.74) is 1.19. The molecular weight excluding hydrogens is 354 g/mol. The Balaban J connectivity index is 1.54. The van der Waals surface area contributed by atoms with Gasteiger partial charge in [-0.25, -0.2) is 0 Å². The maximum Gasteiger partial charge on any atom is 0.248 e. The third-order valence-corrected chi connectivity index (χ3v) is 4.05. The van der Waals surface area contributed by atoms with Crippen LogP contribution in [-0.4, -0.2) is 24.8 Å². The molecule has 0 atom stereocenters. The van der Waals surface area contributed by atoms with Crippen LogP contribution in [0.4, 0.5) is 5.69 Å². The number of nitrogens with zero attached hydrogens (tertiary/aromatic N) is 2. The van der Waals surface area contributed by atoms with Gasteiger partial charge in [0.25, 0.3) is 0 Å². The van der Waals surface area contributed by atoms with Crippen LogP contribution < -0.4 is 14.8 Å². The number of hydrogen-bond acceptors (Lipinski definition) is 5. The Morgan fingerprint density at radius 2 is 1.93 bits per heavy atom. The van der Waals surface area contributed by atoms with E-state index in [-0.39, 0.29) is 18.2 Å². The van der Waals surface area contributed by atoms with Gasteiger partial charge in [0.15, 0.2) is 5.66 Å². The molecule has 28 heavy (non-hydrogen) atoms. The van der Waals surface area contributed by atoms with Gasteiger partial charge in [0.2, 0.25) is 5.91 Å². The third-order valence-electron chi connectivity index (χ3n) is 4.05. The minimum Gasteiger partial charge on any atom is -0.491 e. The summed E-state index contributed by atoms with van der Waals surface area (Å²) in [4.78, 5) is 12.3. The maximum absolute atomic E-state index is 12.3. The van der Waals surface area contributed by atoms with Crippen molar-refractivity contribution >= 4 is 17.7 Å². The zero-order chi connectivity index (χ0) is 19.8. The summed E-state index contributed by atoms with van der Waals surface area (Å²) in [6.07, 6.45) is 9.06. The molecule has 1 amide bonds. The van der Waals surface area contributed by atoms with Gasteiger partial charge in [-0.2, -0.15) is 10.2 Å². The molecule has 0 unspecified atom stereocenters. The van der Waals surface area contributed by atoms with Gasteiger partial charge >= 0.3 is 0 Å². The number of nitrogens with one attached hydrogen (secondary N) is 1. The average Bonchev–Trinajstić information content (AvgIpc) is 3.44. The molecule has 3 rings (SSSR count). The van der Waals surface area contributed by atoms with Gasteiger partial charge in [0.05, 0.1) is 12.3 Å². The maximum atomic E-state index is 12.3. The standard InChI is InChI=1S/C22H21N3O3/c1-3-15-27-18-11-8-17(9-12-18)10-13-21(26)23-19-6-4-5-7-20(19)28-16-14-22(2)24-25-22/h1,4-13H,14-16H2,2H3,(H,23,26)/b13-10+. The first kappa shape index (κ1) is 19.2. The lowest BCUT2D eigenvalue weighted by molar-refractivity contribution is -0.111.